The van der Waals surface area contributed by atoms with Gasteiger partial charge in [-0.2, -0.15) is 0 Å². The second-order valence-electron chi connectivity index (χ2n) is 4.88. The third-order valence-electron chi connectivity index (χ3n) is 2.81. The summed E-state index contributed by atoms with van der Waals surface area (Å²) in [5.74, 6) is 0.678. The minimum absolute atomic E-state index is 0.306. The molecule has 2 nitrogen and oxygen atoms in total. The van der Waals surface area contributed by atoms with Gasteiger partial charge >= 0.3 is 0 Å². The van der Waals surface area contributed by atoms with Crippen LogP contribution >= 0.6 is 0 Å². The second-order valence-corrected chi connectivity index (χ2v) is 4.88. The second kappa shape index (κ2) is 5.90. The zero-order chi connectivity index (χ0) is 12.1. The molecule has 0 aliphatic carbocycles. The van der Waals surface area contributed by atoms with Gasteiger partial charge in [0, 0.05) is 5.69 Å². The fourth-order valence-electron chi connectivity index (χ4n) is 1.82. The summed E-state index contributed by atoms with van der Waals surface area (Å²) in [6.45, 7) is 9.25. The molecule has 1 unspecified atom stereocenters. The van der Waals surface area contributed by atoms with E-state index in [1.54, 1.807) is 0 Å². The van der Waals surface area contributed by atoms with Crippen molar-refractivity contribution in [2.24, 2.45) is 5.92 Å². The van der Waals surface area contributed by atoms with Crippen molar-refractivity contribution in [1.82, 2.24) is 0 Å². The lowest BCUT2D eigenvalue weighted by Gasteiger charge is -2.16. The molecule has 1 aromatic rings. The maximum atomic E-state index is 5.85. The fourth-order valence-corrected chi connectivity index (χ4v) is 1.82. The van der Waals surface area contributed by atoms with Gasteiger partial charge in [-0.25, -0.2) is 0 Å². The van der Waals surface area contributed by atoms with Crippen LogP contribution in [0.25, 0.3) is 0 Å². The van der Waals surface area contributed by atoms with Crippen LogP contribution in [-0.2, 0) is 11.3 Å². The summed E-state index contributed by atoms with van der Waals surface area (Å²) in [5.41, 5.74) is 9.03. The molecule has 0 aromatic heterocycles. The Balaban J connectivity index is 2.51. The van der Waals surface area contributed by atoms with E-state index in [4.69, 9.17) is 10.5 Å². The van der Waals surface area contributed by atoms with Crippen molar-refractivity contribution in [3.63, 3.8) is 0 Å². The van der Waals surface area contributed by atoms with Crippen LogP contribution in [0.2, 0.25) is 0 Å². The van der Waals surface area contributed by atoms with E-state index in [0.717, 1.165) is 17.7 Å². The third-order valence-corrected chi connectivity index (χ3v) is 2.81. The SMILES string of the molecule is Cc1c(N)cccc1COC(C)CC(C)C. The smallest absolute Gasteiger partial charge is 0.0723 e. The summed E-state index contributed by atoms with van der Waals surface area (Å²) in [4.78, 5) is 0. The monoisotopic (exact) mass is 221 g/mol. The summed E-state index contributed by atoms with van der Waals surface area (Å²) in [6.07, 6.45) is 1.40. The molecule has 2 heteroatoms. The molecule has 0 fully saturated rings. The molecule has 0 saturated carbocycles. The molecule has 0 aliphatic heterocycles. The summed E-state index contributed by atoms with van der Waals surface area (Å²) in [6, 6.07) is 5.98. The molecule has 0 amide bonds. The van der Waals surface area contributed by atoms with Crippen molar-refractivity contribution in [3.8, 4) is 0 Å². The minimum atomic E-state index is 0.306. The average Bonchev–Trinajstić information content (AvgIpc) is 2.19. The van der Waals surface area contributed by atoms with Crippen LogP contribution in [0.4, 0.5) is 5.69 Å². The van der Waals surface area contributed by atoms with Gasteiger partial charge in [-0.1, -0.05) is 26.0 Å². The van der Waals surface area contributed by atoms with Crippen molar-refractivity contribution >= 4 is 5.69 Å². The molecule has 0 spiro atoms. The Morgan fingerprint density at radius 1 is 1.25 bits per heavy atom. The lowest BCUT2D eigenvalue weighted by Crippen LogP contribution is -2.11. The third kappa shape index (κ3) is 3.86. The summed E-state index contributed by atoms with van der Waals surface area (Å²) in [5, 5.41) is 0. The number of nitrogens with two attached hydrogens (primary N) is 1. The van der Waals surface area contributed by atoms with Gasteiger partial charge in [0.2, 0.25) is 0 Å². The predicted octanol–water partition coefficient (Wildman–Crippen LogP) is 3.53. The fraction of sp³-hybridized carbons (Fsp3) is 0.571. The normalized spacial score (nSPS) is 13.1. The van der Waals surface area contributed by atoms with E-state index >= 15 is 0 Å². The van der Waals surface area contributed by atoms with Crippen molar-refractivity contribution in [2.45, 2.75) is 46.8 Å². The van der Waals surface area contributed by atoms with E-state index in [1.807, 2.05) is 19.1 Å². The molecule has 90 valence electrons. The molecule has 1 rings (SSSR count). The molecular weight excluding hydrogens is 198 g/mol. The van der Waals surface area contributed by atoms with Crippen LogP contribution in [-0.4, -0.2) is 6.10 Å². The van der Waals surface area contributed by atoms with Gasteiger partial charge in [-0.15, -0.1) is 0 Å². The molecule has 1 aromatic carbocycles. The van der Waals surface area contributed by atoms with Crippen molar-refractivity contribution in [3.05, 3.63) is 29.3 Å². The van der Waals surface area contributed by atoms with Crippen LogP contribution in [0.1, 0.15) is 38.3 Å². The Labute approximate surface area is 98.8 Å². The number of anilines is 1. The van der Waals surface area contributed by atoms with E-state index in [9.17, 15) is 0 Å². The first-order valence-electron chi connectivity index (χ1n) is 5.96. The molecule has 0 heterocycles. The summed E-state index contributed by atoms with van der Waals surface area (Å²) in [7, 11) is 0. The standard InChI is InChI=1S/C14H23NO/c1-10(2)8-11(3)16-9-13-6-5-7-14(15)12(13)4/h5-7,10-11H,8-9,15H2,1-4H3. The molecule has 0 aliphatic rings. The summed E-state index contributed by atoms with van der Waals surface area (Å²) >= 11 is 0. The largest absolute Gasteiger partial charge is 0.399 e. The molecular formula is C14H23NO. The molecule has 2 N–H and O–H groups in total. The lowest BCUT2D eigenvalue weighted by atomic mass is 10.1. The lowest BCUT2D eigenvalue weighted by molar-refractivity contribution is 0.0395. The average molecular weight is 221 g/mol. The quantitative estimate of drug-likeness (QED) is 0.772. The van der Waals surface area contributed by atoms with Crippen molar-refractivity contribution in [2.75, 3.05) is 5.73 Å². The van der Waals surface area contributed by atoms with Crippen LogP contribution in [0.3, 0.4) is 0 Å². The topological polar surface area (TPSA) is 35.2 Å². The number of hydrogen-bond acceptors (Lipinski definition) is 2. The number of ether oxygens (including phenoxy) is 1. The van der Waals surface area contributed by atoms with Gasteiger partial charge in [0.25, 0.3) is 0 Å². The Kier molecular flexibility index (Phi) is 4.81. The van der Waals surface area contributed by atoms with Gasteiger partial charge in [0.05, 0.1) is 12.7 Å². The highest BCUT2D eigenvalue weighted by atomic mass is 16.5. The van der Waals surface area contributed by atoms with E-state index < -0.39 is 0 Å². The zero-order valence-electron chi connectivity index (χ0n) is 10.8. The van der Waals surface area contributed by atoms with Gasteiger partial charge in [0.1, 0.15) is 0 Å². The highest BCUT2D eigenvalue weighted by Gasteiger charge is 2.07. The van der Waals surface area contributed by atoms with E-state index in [0.29, 0.717) is 18.6 Å². The van der Waals surface area contributed by atoms with Gasteiger partial charge in [0.15, 0.2) is 0 Å². The Morgan fingerprint density at radius 2 is 1.94 bits per heavy atom. The highest BCUT2D eigenvalue weighted by molar-refractivity contribution is 5.49. The number of nitrogen functional groups attached to an aromatic ring is 1. The zero-order valence-corrected chi connectivity index (χ0v) is 10.8. The maximum absolute atomic E-state index is 5.85. The van der Waals surface area contributed by atoms with Crippen LogP contribution < -0.4 is 5.73 Å². The number of rotatable bonds is 5. The van der Waals surface area contributed by atoms with Crippen molar-refractivity contribution in [1.29, 1.82) is 0 Å². The predicted molar refractivity (Wildman–Crippen MR) is 69.3 cm³/mol. The Hall–Kier alpha value is -1.02. The van der Waals surface area contributed by atoms with Gasteiger partial charge < -0.3 is 10.5 Å². The highest BCUT2D eigenvalue weighted by Crippen LogP contribution is 2.18. The Bertz CT molecular complexity index is 334. The van der Waals surface area contributed by atoms with Gasteiger partial charge in [-0.05, 0) is 43.4 Å². The minimum Gasteiger partial charge on any atom is -0.399 e. The van der Waals surface area contributed by atoms with Crippen LogP contribution in [0.5, 0.6) is 0 Å². The molecule has 0 radical (unpaired) electrons. The van der Waals surface area contributed by atoms with E-state index in [-0.39, 0.29) is 0 Å². The number of hydrogen-bond donors (Lipinski definition) is 1. The van der Waals surface area contributed by atoms with Crippen molar-refractivity contribution < 1.29 is 4.74 Å². The molecule has 1 atom stereocenters. The maximum Gasteiger partial charge on any atom is 0.0723 e. The number of benzene rings is 1. The first kappa shape index (κ1) is 13.0. The van der Waals surface area contributed by atoms with E-state index in [1.165, 1.54) is 5.56 Å². The first-order chi connectivity index (χ1) is 7.50. The molecule has 0 saturated heterocycles. The Morgan fingerprint density at radius 3 is 2.56 bits per heavy atom. The molecule has 0 bridgehead atoms. The van der Waals surface area contributed by atoms with Gasteiger partial charge in [-0.3, -0.25) is 0 Å². The summed E-state index contributed by atoms with van der Waals surface area (Å²) < 4.78 is 5.82. The first-order valence-corrected chi connectivity index (χ1v) is 5.96. The van der Waals surface area contributed by atoms with Crippen LogP contribution in [0.15, 0.2) is 18.2 Å². The molecule has 16 heavy (non-hydrogen) atoms. The van der Waals surface area contributed by atoms with Crippen LogP contribution in [0, 0.1) is 12.8 Å². The van der Waals surface area contributed by atoms with E-state index in [2.05, 4.69) is 26.8 Å².